The summed E-state index contributed by atoms with van der Waals surface area (Å²) in [5.74, 6) is -2.17. The Kier molecular flexibility index (Phi) is 9.27. The average molecular weight is 668 g/mol. The number of imidazole rings is 1. The van der Waals surface area contributed by atoms with E-state index in [1.807, 2.05) is 30.3 Å². The van der Waals surface area contributed by atoms with E-state index in [0.29, 0.717) is 17.1 Å². The number of rotatable bonds is 11. The average Bonchev–Trinajstić information content (AvgIpc) is 3.78. The molecule has 5 rings (SSSR count). The minimum absolute atomic E-state index is 0.0356. The van der Waals surface area contributed by atoms with Crippen LogP contribution in [0.5, 0.6) is 0 Å². The number of sulfone groups is 1. The first kappa shape index (κ1) is 33.4. The van der Waals surface area contributed by atoms with Gasteiger partial charge in [-0.1, -0.05) is 53.2 Å². The number of nitrogens with two attached hydrogens (primary N) is 1. The second-order valence-corrected chi connectivity index (χ2v) is 14.1. The summed E-state index contributed by atoms with van der Waals surface area (Å²) in [6.07, 6.45) is 2.89. The van der Waals surface area contributed by atoms with Crippen molar-refractivity contribution in [3.05, 3.63) is 77.1 Å². The molecule has 6 N–H and O–H groups in total. The highest BCUT2D eigenvalue weighted by Crippen LogP contribution is 2.38. The first-order chi connectivity index (χ1) is 22.2. The van der Waals surface area contributed by atoms with Crippen molar-refractivity contribution in [2.24, 2.45) is 10.9 Å². The summed E-state index contributed by atoms with van der Waals surface area (Å²) in [6, 6.07) is 12.0. The third kappa shape index (κ3) is 6.78. The van der Waals surface area contributed by atoms with Crippen LogP contribution in [0, 0.1) is 20.8 Å². The SMILES string of the molecule is Cc1cc(C)c(S(=O)(=O)[C@@](N)(CNC(=O)C2=NOC3(C2)CC(CNc2ncc[nH]2)N(C(=O)OCc2ccccc2)C3)C(=O)O)c(C)c1. The van der Waals surface area contributed by atoms with E-state index in [4.69, 9.17) is 15.3 Å². The van der Waals surface area contributed by atoms with E-state index in [1.54, 1.807) is 45.3 Å². The molecule has 1 fully saturated rings. The van der Waals surface area contributed by atoms with E-state index in [9.17, 15) is 27.9 Å². The quantitative estimate of drug-likeness (QED) is 0.199. The lowest BCUT2D eigenvalue weighted by Crippen LogP contribution is -2.62. The predicted molar refractivity (Wildman–Crippen MR) is 170 cm³/mol. The highest BCUT2D eigenvalue weighted by Gasteiger charge is 2.54. The molecule has 2 aliphatic heterocycles. The molecule has 0 bridgehead atoms. The predicted octanol–water partition coefficient (Wildman–Crippen LogP) is 2.00. The van der Waals surface area contributed by atoms with E-state index < -0.39 is 50.9 Å². The van der Waals surface area contributed by atoms with Gasteiger partial charge in [0.2, 0.25) is 14.7 Å². The van der Waals surface area contributed by atoms with Gasteiger partial charge in [-0.25, -0.2) is 23.0 Å². The Morgan fingerprint density at radius 3 is 2.53 bits per heavy atom. The van der Waals surface area contributed by atoms with Gasteiger partial charge in [-0.05, 0) is 37.5 Å². The van der Waals surface area contributed by atoms with Gasteiger partial charge in [0.05, 0.1) is 24.0 Å². The zero-order chi connectivity index (χ0) is 34.0. The molecule has 1 saturated heterocycles. The molecule has 2 aliphatic rings. The number of hydrogen-bond donors (Lipinski definition) is 5. The molecule has 0 saturated carbocycles. The van der Waals surface area contributed by atoms with Crippen LogP contribution in [0.25, 0.3) is 0 Å². The van der Waals surface area contributed by atoms with Crippen molar-refractivity contribution in [1.29, 1.82) is 0 Å². The number of carbonyl (C=O) groups is 3. The number of carbonyl (C=O) groups excluding carboxylic acids is 2. The van der Waals surface area contributed by atoms with Crippen molar-refractivity contribution in [1.82, 2.24) is 20.2 Å². The van der Waals surface area contributed by atoms with Gasteiger partial charge in [-0.15, -0.1) is 0 Å². The highest BCUT2D eigenvalue weighted by molar-refractivity contribution is 7.93. The summed E-state index contributed by atoms with van der Waals surface area (Å²) in [5.41, 5.74) is 7.16. The number of amides is 2. The monoisotopic (exact) mass is 667 g/mol. The van der Waals surface area contributed by atoms with Gasteiger partial charge in [0.1, 0.15) is 12.3 Å². The highest BCUT2D eigenvalue weighted by atomic mass is 32.2. The molecule has 3 heterocycles. The maximum absolute atomic E-state index is 13.6. The number of nitrogens with one attached hydrogen (secondary N) is 3. The van der Waals surface area contributed by atoms with Crippen LogP contribution >= 0.6 is 0 Å². The molecule has 2 amide bonds. The van der Waals surface area contributed by atoms with Crippen LogP contribution in [-0.2, 0) is 35.6 Å². The van der Waals surface area contributed by atoms with Gasteiger partial charge in [-0.2, -0.15) is 0 Å². The Morgan fingerprint density at radius 2 is 1.89 bits per heavy atom. The zero-order valence-corrected chi connectivity index (χ0v) is 27.0. The van der Waals surface area contributed by atoms with Crippen molar-refractivity contribution in [2.75, 3.05) is 25.0 Å². The molecular formula is C31H37N7O8S. The smallest absolute Gasteiger partial charge is 0.410 e. The van der Waals surface area contributed by atoms with Crippen LogP contribution < -0.4 is 16.4 Å². The summed E-state index contributed by atoms with van der Waals surface area (Å²) < 4.78 is 32.9. The minimum Gasteiger partial charge on any atom is -0.479 e. The Bertz CT molecular complexity index is 1780. The standard InChI is InChI=1S/C31H37N7O8S/c1-19-11-20(2)25(21(3)12-19)47(43,44)31(32,27(40)41)17-36-26(39)24-14-30(46-37-24)13-23(15-35-28-33-9-10-34-28)38(18-30)29(42)45-16-22-7-5-4-6-8-22/h4-12,23H,13-18,32H2,1-3H3,(H,36,39)(H,40,41)(H2,33,34,35)/t23?,30?,31-/m0/s1. The fraction of sp³-hybridized carbons (Fsp3) is 0.387. The van der Waals surface area contributed by atoms with E-state index in [-0.39, 0.29) is 43.1 Å². The van der Waals surface area contributed by atoms with Gasteiger partial charge >= 0.3 is 12.1 Å². The molecular weight excluding hydrogens is 630 g/mol. The molecule has 0 radical (unpaired) electrons. The first-order valence-corrected chi connectivity index (χ1v) is 16.3. The van der Waals surface area contributed by atoms with Crippen molar-refractivity contribution in [3.63, 3.8) is 0 Å². The van der Waals surface area contributed by atoms with E-state index in [0.717, 1.165) is 11.1 Å². The zero-order valence-electron chi connectivity index (χ0n) is 26.1. The molecule has 3 aromatic rings. The summed E-state index contributed by atoms with van der Waals surface area (Å²) in [7, 11) is -4.67. The lowest BCUT2D eigenvalue weighted by Gasteiger charge is -2.27. The number of hydrogen-bond acceptors (Lipinski definition) is 11. The third-order valence-electron chi connectivity index (χ3n) is 8.28. The largest absolute Gasteiger partial charge is 0.479 e. The van der Waals surface area contributed by atoms with E-state index in [1.165, 1.54) is 4.90 Å². The van der Waals surface area contributed by atoms with Crippen molar-refractivity contribution in [3.8, 4) is 0 Å². The Labute approximate surface area is 271 Å². The molecule has 250 valence electrons. The van der Waals surface area contributed by atoms with Gasteiger partial charge in [0.15, 0.2) is 11.5 Å². The normalized spacial score (nSPS) is 20.3. The number of aromatic nitrogens is 2. The summed E-state index contributed by atoms with van der Waals surface area (Å²) >= 11 is 0. The maximum Gasteiger partial charge on any atom is 0.410 e. The number of H-pyrrole nitrogens is 1. The van der Waals surface area contributed by atoms with Crippen molar-refractivity contribution in [2.45, 2.75) is 61.6 Å². The molecule has 47 heavy (non-hydrogen) atoms. The number of aryl methyl sites for hydroxylation is 3. The number of aliphatic carboxylic acids is 1. The minimum atomic E-state index is -4.67. The number of anilines is 1. The molecule has 15 nitrogen and oxygen atoms in total. The van der Waals surface area contributed by atoms with Crippen LogP contribution in [0.1, 0.15) is 35.1 Å². The lowest BCUT2D eigenvalue weighted by atomic mass is 9.94. The van der Waals surface area contributed by atoms with E-state index in [2.05, 4.69) is 25.8 Å². The molecule has 16 heteroatoms. The van der Waals surface area contributed by atoms with Gasteiger partial charge in [0.25, 0.3) is 5.91 Å². The van der Waals surface area contributed by atoms with Crippen LogP contribution in [-0.4, -0.2) is 88.2 Å². The fourth-order valence-corrected chi connectivity index (χ4v) is 7.85. The summed E-state index contributed by atoms with van der Waals surface area (Å²) in [5, 5.41) is 19.4. The van der Waals surface area contributed by atoms with Crippen LogP contribution in [0.4, 0.5) is 10.7 Å². The lowest BCUT2D eigenvalue weighted by molar-refractivity contribution is -0.139. The Hall–Kier alpha value is -4.96. The second kappa shape index (κ2) is 13.0. The van der Waals surface area contributed by atoms with Crippen LogP contribution in [0.2, 0.25) is 0 Å². The second-order valence-electron chi connectivity index (χ2n) is 11.9. The molecule has 1 spiro atoms. The maximum atomic E-state index is 13.6. The number of nitrogens with zero attached hydrogens (tertiary/aromatic N) is 3. The van der Waals surface area contributed by atoms with Gasteiger partial charge < -0.3 is 36.0 Å². The number of oxime groups is 1. The van der Waals surface area contributed by atoms with Crippen molar-refractivity contribution < 1.29 is 37.5 Å². The molecule has 2 unspecified atom stereocenters. The van der Waals surface area contributed by atoms with E-state index >= 15 is 0 Å². The van der Waals surface area contributed by atoms with Gasteiger partial charge in [0, 0.05) is 31.8 Å². The number of carboxylic acid groups (broad SMARTS) is 1. The summed E-state index contributed by atoms with van der Waals surface area (Å²) in [4.78, 5) is 50.1. The third-order valence-corrected chi connectivity index (χ3v) is 10.7. The van der Waals surface area contributed by atoms with Crippen LogP contribution in [0.3, 0.4) is 0 Å². The molecule has 0 aliphatic carbocycles. The Balaban J connectivity index is 1.28. The molecule has 2 aromatic carbocycles. The molecule has 3 atom stereocenters. The van der Waals surface area contributed by atoms with Gasteiger partial charge in [-0.3, -0.25) is 9.69 Å². The fourth-order valence-electron chi connectivity index (χ4n) is 6.03. The number of aromatic amines is 1. The number of likely N-dealkylation sites (tertiary alicyclic amines) is 1. The van der Waals surface area contributed by atoms with Crippen LogP contribution in [0.15, 0.2) is 64.9 Å². The summed E-state index contributed by atoms with van der Waals surface area (Å²) in [6.45, 7) is 4.34. The van der Waals surface area contributed by atoms with Crippen molar-refractivity contribution >= 4 is 39.5 Å². The molecule has 1 aromatic heterocycles. The number of carboxylic acids is 1. The number of ether oxygens (including phenoxy) is 1. The first-order valence-electron chi connectivity index (χ1n) is 14.8. The Morgan fingerprint density at radius 1 is 1.19 bits per heavy atom. The topological polar surface area (TPSA) is 218 Å². The number of benzene rings is 2.